The topological polar surface area (TPSA) is 63.0 Å². The molecule has 0 radical (unpaired) electrons. The molecule has 0 bridgehead atoms. The van der Waals surface area contributed by atoms with Crippen LogP contribution in [0.15, 0.2) is 42.6 Å². The van der Waals surface area contributed by atoms with Crippen LogP contribution in [0.1, 0.15) is 5.56 Å². The first-order chi connectivity index (χ1) is 11.6. The van der Waals surface area contributed by atoms with Gasteiger partial charge in [0.2, 0.25) is 0 Å². The van der Waals surface area contributed by atoms with Gasteiger partial charge in [0.25, 0.3) is 0 Å². The van der Waals surface area contributed by atoms with Gasteiger partial charge in [-0.3, -0.25) is 0 Å². The molecule has 5 heteroatoms. The van der Waals surface area contributed by atoms with Gasteiger partial charge in [0.15, 0.2) is 0 Å². The number of benzene rings is 2. The van der Waals surface area contributed by atoms with Crippen LogP contribution < -0.4 is 16.4 Å². The Morgan fingerprint density at radius 3 is 2.79 bits per heavy atom. The number of halogens is 1. The smallest absolute Gasteiger partial charge is 0.131 e. The number of anilines is 2. The van der Waals surface area contributed by atoms with E-state index in [4.69, 9.17) is 5.73 Å². The van der Waals surface area contributed by atoms with E-state index in [2.05, 4.69) is 15.6 Å². The minimum absolute atomic E-state index is 0.214. The molecule has 4 N–H and O–H groups in total. The summed E-state index contributed by atoms with van der Waals surface area (Å²) in [4.78, 5) is 4.19. The molecule has 1 aromatic heterocycles. The number of aromatic nitrogens is 1. The zero-order valence-electron chi connectivity index (χ0n) is 13.4. The number of rotatable bonds is 3. The third kappa shape index (κ3) is 2.57. The summed E-state index contributed by atoms with van der Waals surface area (Å²) in [6, 6.07) is 11.4. The SMILES string of the molecule is Cc1cccc(F)c1-c1cc(NC2CNC2)c2cc(N)ncc2c1. The van der Waals surface area contributed by atoms with Gasteiger partial charge in [-0.15, -0.1) is 0 Å². The predicted octanol–water partition coefficient (Wildman–Crippen LogP) is 3.32. The maximum atomic E-state index is 14.4. The van der Waals surface area contributed by atoms with Gasteiger partial charge in [0, 0.05) is 41.3 Å². The summed E-state index contributed by atoms with van der Waals surface area (Å²) in [6.07, 6.45) is 1.74. The Balaban J connectivity index is 1.92. The lowest BCUT2D eigenvalue weighted by atomic mass is 9.96. The number of nitrogens with zero attached hydrogens (tertiary/aromatic N) is 1. The van der Waals surface area contributed by atoms with Crippen LogP contribution in [0, 0.1) is 12.7 Å². The predicted molar refractivity (Wildman–Crippen MR) is 96.6 cm³/mol. The fourth-order valence-electron chi connectivity index (χ4n) is 3.14. The molecular formula is C19H19FN4. The van der Waals surface area contributed by atoms with Crippen LogP contribution in [0.3, 0.4) is 0 Å². The average molecular weight is 322 g/mol. The van der Waals surface area contributed by atoms with E-state index in [1.54, 1.807) is 12.3 Å². The normalized spacial score (nSPS) is 14.6. The van der Waals surface area contributed by atoms with Gasteiger partial charge < -0.3 is 16.4 Å². The molecule has 1 aliphatic heterocycles. The summed E-state index contributed by atoms with van der Waals surface area (Å²) in [7, 11) is 0. The lowest BCUT2D eigenvalue weighted by molar-refractivity contribution is 0.472. The second-order valence-corrected chi connectivity index (χ2v) is 6.29. The van der Waals surface area contributed by atoms with Crippen LogP contribution in [0.2, 0.25) is 0 Å². The van der Waals surface area contributed by atoms with Crippen molar-refractivity contribution in [1.29, 1.82) is 0 Å². The quantitative estimate of drug-likeness (QED) is 0.692. The van der Waals surface area contributed by atoms with Gasteiger partial charge in [0.05, 0.1) is 6.04 Å². The van der Waals surface area contributed by atoms with Gasteiger partial charge in [-0.05, 0) is 42.3 Å². The van der Waals surface area contributed by atoms with Crippen molar-refractivity contribution in [2.75, 3.05) is 24.1 Å². The lowest BCUT2D eigenvalue weighted by Crippen LogP contribution is -2.51. The highest BCUT2D eigenvalue weighted by Gasteiger charge is 2.18. The molecule has 0 spiro atoms. The molecule has 0 atom stereocenters. The molecule has 4 rings (SSSR count). The first kappa shape index (κ1) is 14.9. The molecule has 122 valence electrons. The highest BCUT2D eigenvalue weighted by molar-refractivity contribution is 5.98. The van der Waals surface area contributed by atoms with Crippen molar-refractivity contribution in [2.24, 2.45) is 0 Å². The molecule has 24 heavy (non-hydrogen) atoms. The van der Waals surface area contributed by atoms with E-state index >= 15 is 0 Å². The molecule has 0 amide bonds. The Bertz CT molecular complexity index is 898. The zero-order valence-corrected chi connectivity index (χ0v) is 13.4. The minimum atomic E-state index is -0.214. The highest BCUT2D eigenvalue weighted by Crippen LogP contribution is 2.34. The Hall–Kier alpha value is -2.66. The van der Waals surface area contributed by atoms with Crippen LogP contribution in [-0.4, -0.2) is 24.1 Å². The van der Waals surface area contributed by atoms with E-state index in [0.29, 0.717) is 17.4 Å². The summed E-state index contributed by atoms with van der Waals surface area (Å²) < 4.78 is 14.4. The average Bonchev–Trinajstić information content (AvgIpc) is 2.51. The number of nitrogens with two attached hydrogens (primary N) is 1. The standard InChI is InChI=1S/C19H19FN4/c1-11-3-2-4-16(20)19(11)12-5-13-8-23-18(21)7-15(13)17(6-12)24-14-9-22-10-14/h2-8,14,22,24H,9-10H2,1H3,(H2,21,23). The van der Waals surface area contributed by atoms with Crippen molar-refractivity contribution < 1.29 is 4.39 Å². The Morgan fingerprint density at radius 2 is 2.08 bits per heavy atom. The van der Waals surface area contributed by atoms with Crippen molar-refractivity contribution in [2.45, 2.75) is 13.0 Å². The minimum Gasteiger partial charge on any atom is -0.384 e. The van der Waals surface area contributed by atoms with Crippen LogP contribution in [0.25, 0.3) is 21.9 Å². The molecule has 0 saturated carbocycles. The van der Waals surface area contributed by atoms with Gasteiger partial charge in [0.1, 0.15) is 11.6 Å². The second kappa shape index (κ2) is 5.76. The van der Waals surface area contributed by atoms with Crippen molar-refractivity contribution in [3.63, 3.8) is 0 Å². The van der Waals surface area contributed by atoms with Crippen LogP contribution in [-0.2, 0) is 0 Å². The number of pyridine rings is 1. The van der Waals surface area contributed by atoms with Crippen LogP contribution in [0.5, 0.6) is 0 Å². The summed E-state index contributed by atoms with van der Waals surface area (Å²) in [6.45, 7) is 3.77. The highest BCUT2D eigenvalue weighted by atomic mass is 19.1. The third-order valence-corrected chi connectivity index (χ3v) is 4.51. The van der Waals surface area contributed by atoms with Crippen LogP contribution in [0.4, 0.5) is 15.9 Å². The molecular weight excluding hydrogens is 303 g/mol. The van der Waals surface area contributed by atoms with E-state index in [1.165, 1.54) is 6.07 Å². The molecule has 0 aliphatic carbocycles. The van der Waals surface area contributed by atoms with E-state index in [1.807, 2.05) is 31.2 Å². The number of aryl methyl sites for hydroxylation is 1. The van der Waals surface area contributed by atoms with Gasteiger partial charge >= 0.3 is 0 Å². The van der Waals surface area contributed by atoms with Gasteiger partial charge in [-0.1, -0.05) is 12.1 Å². The van der Waals surface area contributed by atoms with Crippen molar-refractivity contribution >= 4 is 22.3 Å². The lowest BCUT2D eigenvalue weighted by Gasteiger charge is -2.30. The van der Waals surface area contributed by atoms with E-state index in [-0.39, 0.29) is 5.82 Å². The first-order valence-corrected chi connectivity index (χ1v) is 8.04. The zero-order chi connectivity index (χ0) is 16.7. The maximum Gasteiger partial charge on any atom is 0.131 e. The third-order valence-electron chi connectivity index (χ3n) is 4.51. The number of nitrogen functional groups attached to an aromatic ring is 1. The molecule has 1 aliphatic rings. The van der Waals surface area contributed by atoms with E-state index in [9.17, 15) is 4.39 Å². The Labute approximate surface area is 139 Å². The second-order valence-electron chi connectivity index (χ2n) is 6.29. The maximum absolute atomic E-state index is 14.4. The Kier molecular flexibility index (Phi) is 3.58. The van der Waals surface area contributed by atoms with Crippen LogP contribution >= 0.6 is 0 Å². The molecule has 2 aromatic carbocycles. The largest absolute Gasteiger partial charge is 0.384 e. The van der Waals surface area contributed by atoms with E-state index in [0.717, 1.165) is 40.7 Å². The Morgan fingerprint density at radius 1 is 1.25 bits per heavy atom. The van der Waals surface area contributed by atoms with Gasteiger partial charge in [-0.25, -0.2) is 9.37 Å². The summed E-state index contributed by atoms with van der Waals surface area (Å²) in [5.41, 5.74) is 9.21. The van der Waals surface area contributed by atoms with Crippen molar-refractivity contribution in [3.05, 3.63) is 54.0 Å². The van der Waals surface area contributed by atoms with Gasteiger partial charge in [-0.2, -0.15) is 0 Å². The monoisotopic (exact) mass is 322 g/mol. The number of hydrogen-bond donors (Lipinski definition) is 3. The fourth-order valence-corrected chi connectivity index (χ4v) is 3.14. The fraction of sp³-hybridized carbons (Fsp3) is 0.211. The molecule has 3 aromatic rings. The van der Waals surface area contributed by atoms with E-state index < -0.39 is 0 Å². The molecule has 1 saturated heterocycles. The number of nitrogens with one attached hydrogen (secondary N) is 2. The molecule has 4 nitrogen and oxygen atoms in total. The summed E-state index contributed by atoms with van der Waals surface area (Å²) in [5, 5.41) is 8.73. The number of hydrogen-bond acceptors (Lipinski definition) is 4. The summed E-state index contributed by atoms with van der Waals surface area (Å²) in [5.74, 6) is 0.265. The molecule has 1 fully saturated rings. The first-order valence-electron chi connectivity index (χ1n) is 8.04. The number of fused-ring (bicyclic) bond motifs is 1. The molecule has 0 unspecified atom stereocenters. The summed E-state index contributed by atoms with van der Waals surface area (Å²) >= 11 is 0. The molecule has 2 heterocycles. The van der Waals surface area contributed by atoms with Crippen molar-refractivity contribution in [1.82, 2.24) is 10.3 Å². The van der Waals surface area contributed by atoms with Crippen molar-refractivity contribution in [3.8, 4) is 11.1 Å².